The Kier molecular flexibility index (Phi) is 51.7. The molecule has 0 unspecified atom stereocenters. The zero-order valence-corrected chi connectivity index (χ0v) is 70.1. The number of hydrogen-bond donors (Lipinski definition) is 7. The number of carbonyl (C=O) groups excluding carboxylic acids is 3. The number of halogens is 10. The van der Waals surface area contributed by atoms with E-state index in [9.17, 15) is 19.8 Å². The van der Waals surface area contributed by atoms with E-state index < -0.39 is 0 Å². The first-order chi connectivity index (χ1) is 39.2. The molecule has 462 valence electrons. The fourth-order valence-corrected chi connectivity index (χ4v) is 9.10. The number of phenols is 2. The van der Waals surface area contributed by atoms with Gasteiger partial charge in [-0.05, 0) is 128 Å². The Labute approximate surface area is 686 Å². The van der Waals surface area contributed by atoms with Crippen molar-refractivity contribution in [1.82, 2.24) is 25.2 Å². The number of fused-ring (bicyclic) bond motifs is 3. The molecule has 86 heavy (non-hydrogen) atoms. The largest absolute Gasteiger partial charge is 1.00 e. The second-order valence-corrected chi connectivity index (χ2v) is 22.9. The summed E-state index contributed by atoms with van der Waals surface area (Å²) in [6, 6.07) is 27.0. The number of hydrogen-bond acceptors (Lipinski definition) is 18. The first kappa shape index (κ1) is 88.1. The summed E-state index contributed by atoms with van der Waals surface area (Å²) < 4.78 is 21.1. The van der Waals surface area contributed by atoms with Crippen molar-refractivity contribution in [2.24, 2.45) is 0 Å². The molecule has 31 heteroatoms. The molecule has 10 rings (SSSR count). The predicted octanol–water partition coefficient (Wildman–Crippen LogP) is 7.60. The zero-order valence-electron chi connectivity index (χ0n) is 46.8. The monoisotopic (exact) mass is 1850 g/mol. The van der Waals surface area contributed by atoms with Crippen molar-refractivity contribution >= 4 is 207 Å². The van der Waals surface area contributed by atoms with E-state index in [4.69, 9.17) is 85.7 Å². The molecule has 8 aromatic rings. The van der Waals surface area contributed by atoms with Crippen LogP contribution >= 0.6 is 138 Å². The number of nitrogens with two attached hydrogens (primary N) is 1. The molecule has 0 saturated carbocycles. The summed E-state index contributed by atoms with van der Waals surface area (Å²) >= 11 is 37.5. The van der Waals surface area contributed by atoms with Crippen molar-refractivity contribution < 1.29 is 197 Å². The van der Waals surface area contributed by atoms with Gasteiger partial charge in [0.1, 0.15) is 28.0 Å². The summed E-state index contributed by atoms with van der Waals surface area (Å²) in [5, 5.41) is 50.0. The second kappa shape index (κ2) is 50.5. The Morgan fingerprint density at radius 1 is 0.744 bits per heavy atom. The Morgan fingerprint density at radius 2 is 1.22 bits per heavy atom. The summed E-state index contributed by atoms with van der Waals surface area (Å²) in [6.45, 7) is 7.81. The molecule has 5 aromatic carbocycles. The standard InChI is InChI=1S/C13H15BrN2O2.C9H9BrClNO2.C9H7BrClNO.C9H6BrNO.C6H6BrNO.C4H9NO.C3H4Cl2O.CH2O3.CH4.ClH.2Cs.H/c14-9-1-2-12-11(7-9)15-13(18-12)4-6-16-5-3-10(17)8-16;10-6-1-2-8(13)7(5-6)12-9(14)3-4-11;10-6-1-2-8-7(5-6)12-9(13-8)3-4-11;1-2-9-11-7-5-6(10)3-4-8(7)12-9;7-4-1-2-6(9)5(8)3-4;6-4-1-2-5-3-4;4-2-1-3(5)6;2-1-4-3;;;;;/h1-2,7,10,17H,3-6,8H2;1-2,5,13H,3-4H2,(H,12,14);1-2,5H,3-4H2;2-5H,1H2;1-3,9H,8H2;4-6H,1-3H2;1-2H2;1,3H;1H4;1H;;;/q;;;;;;;;;;2*+1;-1/p-1/t10-;;;;;4-;;;;;;;/m1....1......./s1. The molecule has 0 bridgehead atoms. The van der Waals surface area contributed by atoms with Crippen LogP contribution in [0.1, 0.15) is 52.2 Å². The molecule has 8 N–H and O–H groups in total. The molecule has 2 aliphatic heterocycles. The summed E-state index contributed by atoms with van der Waals surface area (Å²) in [6.07, 6.45) is 5.13. The molecule has 1 amide bonds. The third kappa shape index (κ3) is 36.5. The Hall–Kier alpha value is 0.0139. The molecule has 5 heterocycles. The number of nitrogens with zero attached hydrogens (tertiary/aromatic N) is 4. The first-order valence-electron chi connectivity index (χ1n) is 24.4. The van der Waals surface area contributed by atoms with Gasteiger partial charge in [0.2, 0.25) is 17.0 Å². The third-order valence-electron chi connectivity index (χ3n) is 10.4. The summed E-state index contributed by atoms with van der Waals surface area (Å²) in [5.41, 5.74) is 11.1. The fraction of sp³-hybridized carbons (Fsp3) is 0.309. The number of aromatic nitrogens is 3. The molecule has 0 aliphatic carbocycles. The number of benzene rings is 5. The zero-order chi connectivity index (χ0) is 60.6. The second-order valence-electron chi connectivity index (χ2n) is 16.7. The number of phenolic OH excluding ortho intramolecular Hbond substituents is 2. The molecule has 0 radical (unpaired) electrons. The van der Waals surface area contributed by atoms with E-state index >= 15 is 0 Å². The van der Waals surface area contributed by atoms with Gasteiger partial charge in [-0.2, -0.15) is 0 Å². The molecule has 2 aliphatic rings. The minimum Gasteiger partial charge on any atom is -1.00 e. The van der Waals surface area contributed by atoms with Gasteiger partial charge in [-0.3, -0.25) is 14.4 Å². The van der Waals surface area contributed by atoms with Gasteiger partial charge in [0.25, 0.3) is 6.47 Å². The van der Waals surface area contributed by atoms with Crippen molar-refractivity contribution in [2.45, 2.75) is 58.2 Å². The van der Waals surface area contributed by atoms with Crippen molar-refractivity contribution in [3.05, 3.63) is 138 Å². The van der Waals surface area contributed by atoms with Crippen LogP contribution in [0.5, 0.6) is 11.5 Å². The van der Waals surface area contributed by atoms with Crippen LogP contribution in [0.25, 0.3) is 39.4 Å². The number of alkyl halides is 3. The summed E-state index contributed by atoms with van der Waals surface area (Å²) in [4.78, 5) is 47.3. The minimum absolute atomic E-state index is 0. The average Bonchev–Trinajstić information content (AvgIpc) is 2.85. The van der Waals surface area contributed by atoms with E-state index in [-0.39, 0.29) is 219 Å². The first-order valence-corrected chi connectivity index (χ1v) is 30.3. The van der Waals surface area contributed by atoms with Crippen molar-refractivity contribution in [1.29, 1.82) is 0 Å². The minimum atomic E-state index is -0.370. The Balaban J connectivity index is -0.000000950. The molecule has 3 aromatic heterocycles. The number of carbonyl (C=O) groups is 3. The number of rotatable bonds is 12. The molecular weight excluding hydrogens is 1790 g/mol. The quantitative estimate of drug-likeness (QED) is 0.0118. The molecule has 19 nitrogen and oxygen atoms in total. The normalized spacial score (nSPS) is 13.3. The Bertz CT molecular complexity index is 3250. The van der Waals surface area contributed by atoms with E-state index in [1.807, 2.05) is 54.6 Å². The Morgan fingerprint density at radius 3 is 1.62 bits per heavy atom. The van der Waals surface area contributed by atoms with Crippen LogP contribution in [0, 0.1) is 0 Å². The predicted molar refractivity (Wildman–Crippen MR) is 352 cm³/mol. The summed E-state index contributed by atoms with van der Waals surface area (Å²) in [7, 11) is 0. The van der Waals surface area contributed by atoms with Crippen molar-refractivity contribution in [3.8, 4) is 11.5 Å². The van der Waals surface area contributed by atoms with E-state index in [1.165, 1.54) is 6.07 Å². The number of nitrogens with one attached hydrogen (secondary N) is 2. The van der Waals surface area contributed by atoms with Crippen LogP contribution in [0.3, 0.4) is 0 Å². The van der Waals surface area contributed by atoms with Crippen molar-refractivity contribution in [3.63, 3.8) is 0 Å². The van der Waals surface area contributed by atoms with Crippen LogP contribution in [-0.2, 0) is 32.1 Å². The van der Waals surface area contributed by atoms with Crippen LogP contribution < -0.4 is 159 Å². The van der Waals surface area contributed by atoms with Crippen LogP contribution in [0.15, 0.2) is 133 Å². The molecule has 2 atom stereocenters. The topological polar surface area (TPSA) is 296 Å². The maximum absolute atomic E-state index is 11.2. The van der Waals surface area contributed by atoms with E-state index in [2.05, 4.69) is 122 Å². The number of amides is 1. The van der Waals surface area contributed by atoms with Gasteiger partial charge in [0.05, 0.1) is 23.6 Å². The number of aliphatic hydroxyl groups is 2. The number of oxazole rings is 3. The van der Waals surface area contributed by atoms with Gasteiger partial charge in [-0.25, -0.2) is 15.0 Å². The number of aliphatic hydroxyl groups excluding tert-OH is 2. The van der Waals surface area contributed by atoms with Gasteiger partial charge in [0.15, 0.2) is 28.5 Å². The van der Waals surface area contributed by atoms with Gasteiger partial charge in [-0.1, -0.05) is 93.7 Å². The third-order valence-corrected chi connectivity index (χ3v) is 13.7. The van der Waals surface area contributed by atoms with Gasteiger partial charge >= 0.3 is 138 Å². The molecule has 2 fully saturated rings. The van der Waals surface area contributed by atoms with E-state index in [0.717, 1.165) is 114 Å². The number of aromatic hydroxyl groups is 2. The fourth-order valence-electron chi connectivity index (χ4n) is 6.61. The number of anilines is 2. The molecule has 2 saturated heterocycles. The molecular formula is C55H63Br5Cl5Cs2N7O12. The van der Waals surface area contributed by atoms with Crippen LogP contribution in [-0.4, -0.2) is 120 Å². The van der Waals surface area contributed by atoms with Crippen molar-refractivity contribution in [2.75, 3.05) is 61.4 Å². The van der Waals surface area contributed by atoms with Gasteiger partial charge in [-0.15, -0.1) is 47.2 Å². The van der Waals surface area contributed by atoms with Gasteiger partial charge in [0, 0.05) is 91.9 Å². The summed E-state index contributed by atoms with van der Waals surface area (Å²) in [5.74, 6) is 3.09. The van der Waals surface area contributed by atoms with Crippen LogP contribution in [0.2, 0.25) is 0 Å². The number of β-amino-alcohol motifs (C(OH)–C–C–N with tert-alkyl or cyclic N) is 2. The maximum atomic E-state index is 11.2. The van der Waals surface area contributed by atoms with E-state index in [1.54, 1.807) is 36.4 Å². The molecule has 0 spiro atoms. The number of likely N-dealkylation sites (tertiary alicyclic amines) is 1. The van der Waals surface area contributed by atoms with Gasteiger partial charge < -0.3 is 66.5 Å². The number of aryl methyl sites for hydroxylation is 1. The smallest absolute Gasteiger partial charge is 1.00 e. The SMILES string of the molecule is C.C=Cc1nc2cc(Br)ccc2o1.Cl.ClCCc1nc2cc(Br)ccc2o1.Nc1cc(Br)ccc1O.O=C(CCCl)Nc1cc(Br)ccc1O.O=C(Cl)CCCl.O=CO[O-].O[C@@H]1CCN(CCc2nc3cc(Br)ccc3o2)C1.O[C@@H]1CCNC1.[Cs+].[Cs+].[H-]. The van der Waals surface area contributed by atoms with E-state index in [0.29, 0.717) is 41.3 Å². The number of nitrogen functional groups attached to an aromatic ring is 1. The van der Waals surface area contributed by atoms with Crippen LogP contribution in [0.4, 0.5) is 11.4 Å². The average molecular weight is 1860 g/mol. The maximum Gasteiger partial charge on any atom is 1.00 e.